The topological polar surface area (TPSA) is 58.1 Å². The second-order valence-electron chi connectivity index (χ2n) is 5.75. The van der Waals surface area contributed by atoms with Gasteiger partial charge in [0.15, 0.2) is 0 Å². The first-order chi connectivity index (χ1) is 11.2. The fourth-order valence-corrected chi connectivity index (χ4v) is 3.02. The fourth-order valence-electron chi connectivity index (χ4n) is 2.82. The molecule has 1 fully saturated rings. The summed E-state index contributed by atoms with van der Waals surface area (Å²) in [4.78, 5) is 22.9. The highest BCUT2D eigenvalue weighted by Crippen LogP contribution is 2.18. The molecule has 0 spiro atoms. The van der Waals surface area contributed by atoms with Crippen molar-refractivity contribution in [1.29, 1.82) is 0 Å². The van der Waals surface area contributed by atoms with Gasteiger partial charge in [-0.15, -0.1) is 0 Å². The van der Waals surface area contributed by atoms with Crippen molar-refractivity contribution in [3.63, 3.8) is 0 Å². The SMILES string of the molecule is O=C(NCC1CCN(Cc2ccccn2)C1)c1ncccc1Cl. The molecule has 1 saturated heterocycles. The van der Waals surface area contributed by atoms with E-state index in [2.05, 4.69) is 20.2 Å². The highest BCUT2D eigenvalue weighted by atomic mass is 35.5. The van der Waals surface area contributed by atoms with Crippen LogP contribution in [0, 0.1) is 5.92 Å². The number of aromatic nitrogens is 2. The van der Waals surface area contributed by atoms with Gasteiger partial charge in [0.25, 0.3) is 5.91 Å². The molecule has 1 unspecified atom stereocenters. The molecule has 23 heavy (non-hydrogen) atoms. The van der Waals surface area contributed by atoms with Crippen LogP contribution in [0.2, 0.25) is 5.02 Å². The normalized spacial score (nSPS) is 18.0. The maximum Gasteiger partial charge on any atom is 0.271 e. The molecule has 0 aliphatic carbocycles. The van der Waals surface area contributed by atoms with Crippen molar-refractivity contribution in [1.82, 2.24) is 20.2 Å². The van der Waals surface area contributed by atoms with Crippen LogP contribution in [-0.4, -0.2) is 40.4 Å². The molecule has 0 saturated carbocycles. The van der Waals surface area contributed by atoms with E-state index in [0.717, 1.165) is 31.7 Å². The Morgan fingerprint density at radius 3 is 2.91 bits per heavy atom. The van der Waals surface area contributed by atoms with Crippen LogP contribution in [0.5, 0.6) is 0 Å². The van der Waals surface area contributed by atoms with Crippen molar-refractivity contribution in [3.8, 4) is 0 Å². The number of hydrogen-bond donors (Lipinski definition) is 1. The van der Waals surface area contributed by atoms with E-state index in [-0.39, 0.29) is 11.6 Å². The Labute approximate surface area is 140 Å². The molecule has 3 rings (SSSR count). The van der Waals surface area contributed by atoms with Gasteiger partial charge in [-0.3, -0.25) is 14.7 Å². The smallest absolute Gasteiger partial charge is 0.271 e. The Bertz CT molecular complexity index is 665. The zero-order chi connectivity index (χ0) is 16.1. The van der Waals surface area contributed by atoms with E-state index in [0.29, 0.717) is 17.5 Å². The average molecular weight is 331 g/mol. The van der Waals surface area contributed by atoms with Crippen LogP contribution >= 0.6 is 11.6 Å². The van der Waals surface area contributed by atoms with E-state index < -0.39 is 0 Å². The van der Waals surface area contributed by atoms with Crippen LogP contribution in [-0.2, 0) is 6.54 Å². The van der Waals surface area contributed by atoms with Gasteiger partial charge in [-0.2, -0.15) is 0 Å². The average Bonchev–Trinajstić information content (AvgIpc) is 3.01. The molecule has 1 amide bonds. The van der Waals surface area contributed by atoms with Gasteiger partial charge in [-0.25, -0.2) is 4.98 Å². The molecule has 0 radical (unpaired) electrons. The second kappa shape index (κ2) is 7.53. The summed E-state index contributed by atoms with van der Waals surface area (Å²) in [5.41, 5.74) is 1.37. The van der Waals surface area contributed by atoms with E-state index in [1.54, 1.807) is 18.3 Å². The summed E-state index contributed by atoms with van der Waals surface area (Å²) >= 11 is 5.99. The number of likely N-dealkylation sites (tertiary alicyclic amines) is 1. The zero-order valence-electron chi connectivity index (χ0n) is 12.8. The molecule has 2 aromatic heterocycles. The van der Waals surface area contributed by atoms with E-state index in [4.69, 9.17) is 11.6 Å². The van der Waals surface area contributed by atoms with E-state index in [1.165, 1.54) is 0 Å². The van der Waals surface area contributed by atoms with Crippen LogP contribution in [0.25, 0.3) is 0 Å². The van der Waals surface area contributed by atoms with Gasteiger partial charge in [0, 0.05) is 32.0 Å². The molecule has 1 N–H and O–H groups in total. The van der Waals surface area contributed by atoms with Crippen LogP contribution in [0.15, 0.2) is 42.7 Å². The quantitative estimate of drug-likeness (QED) is 0.914. The Balaban J connectivity index is 1.47. The minimum atomic E-state index is -0.209. The first-order valence-electron chi connectivity index (χ1n) is 7.73. The predicted octanol–water partition coefficient (Wildman–Crippen LogP) is 2.38. The van der Waals surface area contributed by atoms with Crippen molar-refractivity contribution in [2.24, 2.45) is 5.92 Å². The highest BCUT2D eigenvalue weighted by Gasteiger charge is 2.23. The third kappa shape index (κ3) is 4.27. The minimum Gasteiger partial charge on any atom is -0.350 e. The molecule has 1 aliphatic rings. The zero-order valence-corrected chi connectivity index (χ0v) is 13.5. The minimum absolute atomic E-state index is 0.209. The van der Waals surface area contributed by atoms with Gasteiger partial charge in [-0.1, -0.05) is 17.7 Å². The van der Waals surface area contributed by atoms with Gasteiger partial charge in [-0.05, 0) is 43.1 Å². The van der Waals surface area contributed by atoms with Crippen molar-refractivity contribution >= 4 is 17.5 Å². The number of carbonyl (C=O) groups excluding carboxylic acids is 1. The molecule has 1 aliphatic heterocycles. The largest absolute Gasteiger partial charge is 0.350 e. The highest BCUT2D eigenvalue weighted by molar-refractivity contribution is 6.33. The third-order valence-electron chi connectivity index (χ3n) is 4.01. The fraction of sp³-hybridized carbons (Fsp3) is 0.353. The number of nitrogens with zero attached hydrogens (tertiary/aromatic N) is 3. The van der Waals surface area contributed by atoms with Gasteiger partial charge in [0.05, 0.1) is 10.7 Å². The molecule has 120 valence electrons. The van der Waals surface area contributed by atoms with Gasteiger partial charge in [0.2, 0.25) is 0 Å². The van der Waals surface area contributed by atoms with Crippen molar-refractivity contribution in [2.75, 3.05) is 19.6 Å². The van der Waals surface area contributed by atoms with Gasteiger partial charge < -0.3 is 5.32 Å². The lowest BCUT2D eigenvalue weighted by Crippen LogP contribution is -2.31. The molecule has 0 bridgehead atoms. The van der Waals surface area contributed by atoms with E-state index in [1.807, 2.05) is 24.4 Å². The van der Waals surface area contributed by atoms with Gasteiger partial charge in [0.1, 0.15) is 5.69 Å². The maximum atomic E-state index is 12.1. The summed E-state index contributed by atoms with van der Waals surface area (Å²) in [6, 6.07) is 9.36. The summed E-state index contributed by atoms with van der Waals surface area (Å²) in [6.07, 6.45) is 4.47. The Morgan fingerprint density at radius 1 is 1.26 bits per heavy atom. The summed E-state index contributed by atoms with van der Waals surface area (Å²) in [5.74, 6) is 0.240. The number of carbonyl (C=O) groups is 1. The Morgan fingerprint density at radius 2 is 2.13 bits per heavy atom. The predicted molar refractivity (Wildman–Crippen MR) is 89.2 cm³/mol. The monoisotopic (exact) mass is 330 g/mol. The summed E-state index contributed by atoms with van der Waals surface area (Å²) < 4.78 is 0. The number of pyridine rings is 2. The molecule has 5 nitrogen and oxygen atoms in total. The Hall–Kier alpha value is -1.98. The molecular weight excluding hydrogens is 312 g/mol. The van der Waals surface area contributed by atoms with Crippen molar-refractivity contribution in [2.45, 2.75) is 13.0 Å². The number of hydrogen-bond acceptors (Lipinski definition) is 4. The number of rotatable bonds is 5. The molecule has 2 aromatic rings. The summed E-state index contributed by atoms with van der Waals surface area (Å²) in [6.45, 7) is 3.50. The summed E-state index contributed by atoms with van der Waals surface area (Å²) in [5, 5.41) is 3.32. The molecule has 1 atom stereocenters. The van der Waals surface area contributed by atoms with Crippen LogP contribution in [0.3, 0.4) is 0 Å². The molecular formula is C17H19ClN4O. The second-order valence-corrected chi connectivity index (χ2v) is 6.16. The van der Waals surface area contributed by atoms with E-state index in [9.17, 15) is 4.79 Å². The molecule has 3 heterocycles. The van der Waals surface area contributed by atoms with Crippen LogP contribution in [0.4, 0.5) is 0 Å². The van der Waals surface area contributed by atoms with Crippen molar-refractivity contribution in [3.05, 3.63) is 59.1 Å². The van der Waals surface area contributed by atoms with E-state index >= 15 is 0 Å². The summed E-state index contributed by atoms with van der Waals surface area (Å²) in [7, 11) is 0. The number of amides is 1. The van der Waals surface area contributed by atoms with Gasteiger partial charge >= 0.3 is 0 Å². The maximum absolute atomic E-state index is 12.1. The molecule has 6 heteroatoms. The standard InChI is InChI=1S/C17H19ClN4O/c18-15-5-3-8-20-16(15)17(23)21-10-13-6-9-22(11-13)12-14-4-1-2-7-19-14/h1-5,7-8,13H,6,9-12H2,(H,21,23). The molecule has 0 aromatic carbocycles. The van der Waals surface area contributed by atoms with Crippen molar-refractivity contribution < 1.29 is 4.79 Å². The number of halogens is 1. The first kappa shape index (κ1) is 15.9. The Kier molecular flexibility index (Phi) is 5.20. The lowest BCUT2D eigenvalue weighted by molar-refractivity contribution is 0.0942. The van der Waals surface area contributed by atoms with Crippen LogP contribution < -0.4 is 5.32 Å². The first-order valence-corrected chi connectivity index (χ1v) is 8.11. The lowest BCUT2D eigenvalue weighted by Gasteiger charge is -2.15. The van der Waals surface area contributed by atoms with Crippen LogP contribution in [0.1, 0.15) is 22.6 Å². The third-order valence-corrected chi connectivity index (χ3v) is 4.31. The lowest BCUT2D eigenvalue weighted by atomic mass is 10.1. The number of nitrogens with one attached hydrogen (secondary N) is 1.